The van der Waals surface area contributed by atoms with Crippen LogP contribution in [0.25, 0.3) is 5.69 Å². The van der Waals surface area contributed by atoms with Crippen molar-refractivity contribution in [2.75, 3.05) is 49.2 Å². The molecule has 0 aliphatic carbocycles. The number of rotatable bonds is 11. The Bertz CT molecular complexity index is 1910. The largest absolute Gasteiger partial charge is 0.491 e. The monoisotopic (exact) mass is 672 g/mol. The van der Waals surface area contributed by atoms with E-state index in [4.69, 9.17) is 14.2 Å². The number of nitrogens with zero attached hydrogens (tertiary/aromatic N) is 8. The number of hydrogen-bond acceptors (Lipinski definition) is 9. The summed E-state index contributed by atoms with van der Waals surface area (Å²) in [7, 11) is 0. The lowest BCUT2D eigenvalue weighted by molar-refractivity contribution is -0.192. The third-order valence-corrected chi connectivity index (χ3v) is 9.18. The van der Waals surface area contributed by atoms with Crippen molar-refractivity contribution < 1.29 is 23.0 Å². The van der Waals surface area contributed by atoms with Crippen molar-refractivity contribution in [1.82, 2.24) is 29.3 Å². The van der Waals surface area contributed by atoms with Gasteiger partial charge < -0.3 is 24.0 Å². The highest BCUT2D eigenvalue weighted by molar-refractivity contribution is 5.54. The maximum atomic E-state index is 14.9. The van der Waals surface area contributed by atoms with Crippen molar-refractivity contribution in [3.05, 3.63) is 113 Å². The van der Waals surface area contributed by atoms with E-state index in [1.54, 1.807) is 17.1 Å². The van der Waals surface area contributed by atoms with Crippen LogP contribution in [0.2, 0.25) is 0 Å². The van der Waals surface area contributed by atoms with Crippen LogP contribution in [0.3, 0.4) is 0 Å². The van der Waals surface area contributed by atoms with Crippen molar-refractivity contribution in [3.63, 3.8) is 0 Å². The predicted octanol–water partition coefficient (Wildman–Crippen LogP) is 4.55. The summed E-state index contributed by atoms with van der Waals surface area (Å²) >= 11 is 0. The molecule has 256 valence electrons. The molecule has 1 unspecified atom stereocenters. The summed E-state index contributed by atoms with van der Waals surface area (Å²) in [5.41, 5.74) is 2.89. The second-order valence-corrected chi connectivity index (χ2v) is 12.3. The molecule has 7 rings (SSSR count). The number of hydrogen-bond donors (Lipinski definition) is 0. The van der Waals surface area contributed by atoms with Gasteiger partial charge in [0.2, 0.25) is 5.79 Å². The van der Waals surface area contributed by atoms with Gasteiger partial charge in [0.05, 0.1) is 18.5 Å². The quantitative estimate of drug-likeness (QED) is 0.200. The van der Waals surface area contributed by atoms with E-state index >= 15 is 0 Å². The number of halogens is 2. The van der Waals surface area contributed by atoms with Gasteiger partial charge in [0.15, 0.2) is 0 Å². The summed E-state index contributed by atoms with van der Waals surface area (Å²) in [6.45, 7) is 7.82. The highest BCUT2D eigenvalue weighted by Crippen LogP contribution is 2.38. The Morgan fingerprint density at radius 1 is 0.959 bits per heavy atom. The fourth-order valence-corrected chi connectivity index (χ4v) is 6.25. The summed E-state index contributed by atoms with van der Waals surface area (Å²) in [5.74, 6) is -2.30. The summed E-state index contributed by atoms with van der Waals surface area (Å²) in [6, 6.07) is 19.3. The first-order valence-electron chi connectivity index (χ1n) is 16.4. The average Bonchev–Trinajstić information content (AvgIpc) is 3.88. The second kappa shape index (κ2) is 13.8. The Morgan fingerprint density at radius 3 is 2.27 bits per heavy atom. The molecule has 2 fully saturated rings. The van der Waals surface area contributed by atoms with Crippen molar-refractivity contribution in [2.24, 2.45) is 0 Å². The zero-order valence-corrected chi connectivity index (χ0v) is 27.4. The molecule has 0 amide bonds. The second-order valence-electron chi connectivity index (χ2n) is 12.3. The summed E-state index contributed by atoms with van der Waals surface area (Å²) in [4.78, 5) is 17.5. The molecule has 0 N–H and O–H groups in total. The van der Waals surface area contributed by atoms with Gasteiger partial charge >= 0.3 is 5.69 Å². The van der Waals surface area contributed by atoms with Crippen LogP contribution in [-0.4, -0.2) is 74.8 Å². The van der Waals surface area contributed by atoms with E-state index < -0.39 is 23.5 Å². The zero-order chi connectivity index (χ0) is 34.0. The van der Waals surface area contributed by atoms with Gasteiger partial charge in [-0.05, 0) is 74.0 Å². The Labute approximate surface area is 282 Å². The first-order valence-corrected chi connectivity index (χ1v) is 16.4. The summed E-state index contributed by atoms with van der Waals surface area (Å²) in [5, 5.41) is 12.1. The SMILES string of the molecule is CCC(C)n1cnn(-c2ccc(N3CCN(c4ccc(OC[C@@H]5CO[C@@](Cn6ccnn6)(c6ccc(F)cc6F)O5)cc4)CC3)cc2)c1=O. The van der Waals surface area contributed by atoms with Crippen LogP contribution in [0.15, 0.2) is 90.2 Å². The van der Waals surface area contributed by atoms with Crippen LogP contribution >= 0.6 is 0 Å². The van der Waals surface area contributed by atoms with Gasteiger partial charge in [-0.1, -0.05) is 12.1 Å². The van der Waals surface area contributed by atoms with Crippen molar-refractivity contribution in [1.29, 1.82) is 0 Å². The normalized spacial score (nSPS) is 20.1. The smallest absolute Gasteiger partial charge is 0.350 e. The lowest BCUT2D eigenvalue weighted by Gasteiger charge is -2.37. The number of aromatic nitrogens is 6. The van der Waals surface area contributed by atoms with Crippen molar-refractivity contribution >= 4 is 11.4 Å². The topological polar surface area (TPSA) is 105 Å². The lowest BCUT2D eigenvalue weighted by atomic mass is 10.0. The molecule has 4 heterocycles. The molecule has 2 saturated heterocycles. The van der Waals surface area contributed by atoms with Gasteiger partial charge in [0.25, 0.3) is 0 Å². The molecular weight excluding hydrogens is 634 g/mol. The molecule has 2 aliphatic rings. The van der Waals surface area contributed by atoms with E-state index in [0.717, 1.165) is 55.7 Å². The fraction of sp³-hybridized carbons (Fsp3) is 0.371. The number of benzene rings is 3. The van der Waals surface area contributed by atoms with Gasteiger partial charge in [-0.15, -0.1) is 5.10 Å². The average molecular weight is 673 g/mol. The number of piperazine rings is 1. The molecule has 5 aromatic rings. The fourth-order valence-electron chi connectivity index (χ4n) is 6.25. The minimum absolute atomic E-state index is 0.0331. The van der Waals surface area contributed by atoms with Crippen LogP contribution in [-0.2, 0) is 21.8 Å². The van der Waals surface area contributed by atoms with Crippen molar-refractivity contribution in [2.45, 2.75) is 44.7 Å². The first-order chi connectivity index (χ1) is 23.8. The summed E-state index contributed by atoms with van der Waals surface area (Å²) < 4.78 is 51.4. The van der Waals surface area contributed by atoms with E-state index in [1.807, 2.05) is 62.4 Å². The third-order valence-electron chi connectivity index (χ3n) is 9.18. The maximum Gasteiger partial charge on any atom is 0.350 e. The zero-order valence-electron chi connectivity index (χ0n) is 27.4. The molecule has 2 aliphatic heterocycles. The lowest BCUT2D eigenvalue weighted by Crippen LogP contribution is -2.46. The number of ether oxygens (including phenoxy) is 3. The molecule has 2 aromatic heterocycles. The van der Waals surface area contributed by atoms with Gasteiger partial charge in [0, 0.05) is 61.4 Å². The number of anilines is 2. The van der Waals surface area contributed by atoms with Crippen molar-refractivity contribution in [3.8, 4) is 11.4 Å². The van der Waals surface area contributed by atoms with Gasteiger partial charge in [-0.2, -0.15) is 9.78 Å². The summed E-state index contributed by atoms with van der Waals surface area (Å²) in [6.07, 6.45) is 5.09. The molecule has 3 aromatic carbocycles. The molecule has 12 nitrogen and oxygen atoms in total. The standard InChI is InChI=1S/C35H38F2N8O4/c1-3-25(2)44-24-39-45(34(44)46)29-7-5-27(6-8-29)41-16-18-42(19-17-41)28-9-11-30(12-10-28)47-21-31-22-48-35(49-31,23-43-15-14-38-40-43)32-13-4-26(36)20-33(32)37/h4-15,20,24-25,31H,3,16-19,21-23H2,1-2H3/t25?,31-,35-/m1/s1. The van der Waals surface area contributed by atoms with Crippen LogP contribution in [0, 0.1) is 11.6 Å². The minimum Gasteiger partial charge on any atom is -0.491 e. The van der Waals surface area contributed by atoms with Crippen LogP contribution in [0.5, 0.6) is 5.75 Å². The third kappa shape index (κ3) is 6.78. The van der Waals surface area contributed by atoms with E-state index in [1.165, 1.54) is 27.7 Å². The molecule has 0 spiro atoms. The maximum absolute atomic E-state index is 14.9. The Morgan fingerprint density at radius 2 is 1.63 bits per heavy atom. The van der Waals surface area contributed by atoms with E-state index in [2.05, 4.69) is 25.2 Å². The molecular formula is C35H38F2N8O4. The van der Waals surface area contributed by atoms with Gasteiger partial charge in [0.1, 0.15) is 43.0 Å². The molecule has 0 radical (unpaired) electrons. The van der Waals surface area contributed by atoms with Crippen LogP contribution in [0.4, 0.5) is 20.2 Å². The molecule has 0 bridgehead atoms. The molecule has 14 heteroatoms. The Kier molecular flexibility index (Phi) is 9.15. The van der Waals surface area contributed by atoms with E-state index in [9.17, 15) is 13.6 Å². The minimum atomic E-state index is -1.51. The van der Waals surface area contributed by atoms with Gasteiger partial charge in [-0.3, -0.25) is 4.57 Å². The first kappa shape index (κ1) is 32.5. The Hall–Kier alpha value is -5.08. The van der Waals surface area contributed by atoms with Crippen LogP contribution < -0.4 is 20.2 Å². The Balaban J connectivity index is 0.925. The highest BCUT2D eigenvalue weighted by Gasteiger charge is 2.46. The molecule has 0 saturated carbocycles. The predicted molar refractivity (Wildman–Crippen MR) is 178 cm³/mol. The molecule has 3 atom stereocenters. The van der Waals surface area contributed by atoms with Crippen LogP contribution in [0.1, 0.15) is 31.9 Å². The highest BCUT2D eigenvalue weighted by atomic mass is 19.1. The molecule has 49 heavy (non-hydrogen) atoms. The van der Waals surface area contributed by atoms with Gasteiger partial charge in [-0.25, -0.2) is 18.3 Å². The van der Waals surface area contributed by atoms with E-state index in [-0.39, 0.29) is 37.1 Å². The van der Waals surface area contributed by atoms with E-state index in [0.29, 0.717) is 5.75 Å².